The van der Waals surface area contributed by atoms with E-state index in [1.165, 1.54) is 0 Å². The zero-order chi connectivity index (χ0) is 15.4. The molecule has 0 aromatic carbocycles. The van der Waals surface area contributed by atoms with Crippen LogP contribution in [0.2, 0.25) is 0 Å². The highest BCUT2D eigenvalue weighted by Crippen LogP contribution is 2.18. The molecule has 16 N–H and O–H groups in total. The van der Waals surface area contributed by atoms with Crippen LogP contribution in [0, 0.1) is 0 Å². The van der Waals surface area contributed by atoms with E-state index in [1.54, 1.807) is 0 Å². The molecule has 2 aromatic heterocycles. The van der Waals surface area contributed by atoms with Crippen molar-refractivity contribution in [2.75, 3.05) is 45.9 Å². The van der Waals surface area contributed by atoms with Crippen molar-refractivity contribution in [3.8, 4) is 0 Å². The Morgan fingerprint density at radius 1 is 0.409 bits per heavy atom. The fourth-order valence-corrected chi connectivity index (χ4v) is 1.05. The number of anilines is 8. The lowest BCUT2D eigenvalue weighted by Crippen LogP contribution is -2.07. The van der Waals surface area contributed by atoms with Gasteiger partial charge < -0.3 is 45.9 Å². The molecular weight excluding hydrogens is 424 g/mol. The summed E-state index contributed by atoms with van der Waals surface area (Å²) in [6.45, 7) is 0. The van der Waals surface area contributed by atoms with E-state index in [2.05, 4.69) is 19.9 Å². The number of halogens is 2. The fraction of sp³-hybridized carbons (Fsp3) is 0. The Labute approximate surface area is 146 Å². The summed E-state index contributed by atoms with van der Waals surface area (Å²) < 4.78 is 0. The van der Waals surface area contributed by atoms with Crippen molar-refractivity contribution in [3.63, 3.8) is 0 Å². The number of aromatic nitrogens is 4. The second kappa shape index (κ2) is 8.73. The first kappa shape index (κ1) is 21.8. The highest BCUT2D eigenvalue weighted by Gasteiger charge is 2.03. The molecule has 0 saturated heterocycles. The van der Waals surface area contributed by atoms with Crippen LogP contribution in [0.15, 0.2) is 0 Å². The van der Waals surface area contributed by atoms with Crippen molar-refractivity contribution in [1.82, 2.24) is 19.9 Å². The molecule has 0 radical (unpaired) electrons. The highest BCUT2D eigenvalue weighted by molar-refractivity contribution is 8.93. The molecule has 22 heavy (non-hydrogen) atoms. The molecule has 14 heteroatoms. The molecule has 0 aliphatic heterocycles. The summed E-state index contributed by atoms with van der Waals surface area (Å²) in [6.07, 6.45) is 0. The van der Waals surface area contributed by atoms with Gasteiger partial charge in [0.2, 0.25) is 11.9 Å². The number of hydrogen-bond acceptors (Lipinski definition) is 12. The average molecular weight is 442 g/mol. The van der Waals surface area contributed by atoms with Crippen LogP contribution in [0.5, 0.6) is 0 Å². The summed E-state index contributed by atoms with van der Waals surface area (Å²) >= 11 is 0. The molecule has 124 valence electrons. The van der Waals surface area contributed by atoms with E-state index in [-0.39, 0.29) is 80.5 Å². The topological polar surface area (TPSA) is 260 Å². The van der Waals surface area contributed by atoms with Crippen LogP contribution >= 0.6 is 34.0 Å². The van der Waals surface area contributed by atoms with Gasteiger partial charge in [0.05, 0.1) is 0 Å². The van der Waals surface area contributed by atoms with E-state index < -0.39 is 0 Å². The zero-order valence-corrected chi connectivity index (χ0v) is 14.7. The van der Waals surface area contributed by atoms with E-state index in [9.17, 15) is 0 Å². The van der Waals surface area contributed by atoms with Crippen LogP contribution in [0.1, 0.15) is 0 Å². The van der Waals surface area contributed by atoms with E-state index in [1.807, 2.05) is 0 Å². The van der Waals surface area contributed by atoms with Gasteiger partial charge in [0.25, 0.3) is 0 Å². The Morgan fingerprint density at radius 2 is 0.591 bits per heavy atom. The van der Waals surface area contributed by atoms with Crippen molar-refractivity contribution >= 4 is 80.5 Å². The summed E-state index contributed by atoms with van der Waals surface area (Å²) in [5.41, 5.74) is 42.5. The summed E-state index contributed by atoms with van der Waals surface area (Å²) in [6, 6.07) is 0. The number of nitrogens with two attached hydrogens (primary N) is 8. The van der Waals surface area contributed by atoms with Gasteiger partial charge in [-0.15, -0.1) is 34.0 Å². The Bertz CT molecular complexity index is 531. The maximum Gasteiger partial charge on any atom is 0.224 e. The number of nitrogens with zero attached hydrogens (tertiary/aromatic N) is 4. The monoisotopic (exact) mass is 440 g/mol. The zero-order valence-electron chi connectivity index (χ0n) is 11.2. The molecule has 0 aliphatic carbocycles. The molecule has 0 fully saturated rings. The van der Waals surface area contributed by atoms with Crippen LogP contribution in [0.3, 0.4) is 0 Å². The standard InChI is InChI=1S/2C4H8N6.2BrH/c2*5-1-2(6)9-4(8)10-3(1)7;;/h2*5H2,(H6,6,7,8,9,10);2*1H. The van der Waals surface area contributed by atoms with Gasteiger partial charge in [0.1, 0.15) is 11.4 Å². The predicted molar refractivity (Wildman–Crippen MR) is 100 cm³/mol. The molecule has 12 nitrogen and oxygen atoms in total. The summed E-state index contributed by atoms with van der Waals surface area (Å²) in [5, 5.41) is 0. The van der Waals surface area contributed by atoms with E-state index in [4.69, 9.17) is 45.9 Å². The molecule has 0 bridgehead atoms. The van der Waals surface area contributed by atoms with Gasteiger partial charge in [-0.3, -0.25) is 0 Å². The number of nitrogen functional groups attached to an aromatic ring is 8. The second-order valence-electron chi connectivity index (χ2n) is 3.53. The fourth-order valence-electron chi connectivity index (χ4n) is 1.05. The summed E-state index contributed by atoms with van der Waals surface area (Å²) in [5.74, 6) is 0.526. The first-order valence-electron chi connectivity index (χ1n) is 5.10. The van der Waals surface area contributed by atoms with Crippen LogP contribution in [-0.4, -0.2) is 19.9 Å². The molecule has 2 heterocycles. The van der Waals surface area contributed by atoms with E-state index >= 15 is 0 Å². The Kier molecular flexibility index (Phi) is 8.65. The lowest BCUT2D eigenvalue weighted by atomic mass is 10.4. The normalized spacial score (nSPS) is 8.73. The number of hydrogen-bond donors (Lipinski definition) is 8. The maximum atomic E-state index is 5.32. The summed E-state index contributed by atoms with van der Waals surface area (Å²) in [7, 11) is 0. The third-order valence-corrected chi connectivity index (χ3v) is 2.04. The van der Waals surface area contributed by atoms with Crippen molar-refractivity contribution in [2.45, 2.75) is 0 Å². The van der Waals surface area contributed by atoms with Crippen molar-refractivity contribution < 1.29 is 0 Å². The van der Waals surface area contributed by atoms with E-state index in [0.717, 1.165) is 0 Å². The van der Waals surface area contributed by atoms with Gasteiger partial charge in [-0.05, 0) is 0 Å². The smallest absolute Gasteiger partial charge is 0.224 e. The first-order chi connectivity index (χ1) is 9.22. The second-order valence-corrected chi connectivity index (χ2v) is 3.53. The van der Waals surface area contributed by atoms with Gasteiger partial charge in [-0.1, -0.05) is 0 Å². The van der Waals surface area contributed by atoms with Gasteiger partial charge in [0, 0.05) is 0 Å². The molecule has 0 amide bonds. The Hall–Kier alpha value is -2.48. The average Bonchev–Trinajstić information content (AvgIpc) is 2.33. The first-order valence-corrected chi connectivity index (χ1v) is 5.10. The number of rotatable bonds is 0. The van der Waals surface area contributed by atoms with Crippen molar-refractivity contribution in [1.29, 1.82) is 0 Å². The minimum atomic E-state index is 0. The lowest BCUT2D eigenvalue weighted by molar-refractivity contribution is 1.21. The molecule has 2 aromatic rings. The lowest BCUT2D eigenvalue weighted by Gasteiger charge is -2.01. The van der Waals surface area contributed by atoms with Crippen LogP contribution in [0.4, 0.5) is 46.5 Å². The van der Waals surface area contributed by atoms with Crippen LogP contribution in [0.25, 0.3) is 0 Å². The Balaban J connectivity index is 0. The largest absolute Gasteiger partial charge is 0.393 e. The molecule has 0 aliphatic rings. The molecule has 0 atom stereocenters. The molecular formula is C8H18Br2N12. The van der Waals surface area contributed by atoms with Gasteiger partial charge in [-0.2, -0.15) is 19.9 Å². The summed E-state index contributed by atoms with van der Waals surface area (Å²) in [4.78, 5) is 14.3. The minimum absolute atomic E-state index is 0. The van der Waals surface area contributed by atoms with Gasteiger partial charge >= 0.3 is 0 Å². The quantitative estimate of drug-likeness (QED) is 0.238. The minimum Gasteiger partial charge on any atom is -0.393 e. The van der Waals surface area contributed by atoms with Gasteiger partial charge in [0.15, 0.2) is 23.3 Å². The van der Waals surface area contributed by atoms with Gasteiger partial charge in [-0.25, -0.2) is 0 Å². The Morgan fingerprint density at radius 3 is 0.773 bits per heavy atom. The third kappa shape index (κ3) is 5.49. The van der Waals surface area contributed by atoms with E-state index in [0.29, 0.717) is 0 Å². The molecule has 0 unspecified atom stereocenters. The maximum absolute atomic E-state index is 5.32. The van der Waals surface area contributed by atoms with Crippen molar-refractivity contribution in [3.05, 3.63) is 0 Å². The highest BCUT2D eigenvalue weighted by atomic mass is 79.9. The third-order valence-electron chi connectivity index (χ3n) is 2.04. The van der Waals surface area contributed by atoms with Crippen LogP contribution in [-0.2, 0) is 0 Å². The predicted octanol–water partition coefficient (Wildman–Crippen LogP) is -1.23. The molecule has 0 spiro atoms. The van der Waals surface area contributed by atoms with Crippen LogP contribution < -0.4 is 45.9 Å². The molecule has 2 rings (SSSR count). The molecule has 0 saturated carbocycles. The van der Waals surface area contributed by atoms with Crippen molar-refractivity contribution in [2.24, 2.45) is 0 Å². The SMILES string of the molecule is Br.Br.Nc1nc(N)c(N)c(N)n1.Nc1nc(N)c(N)c(N)n1.